The van der Waals surface area contributed by atoms with Crippen LogP contribution >= 0.6 is 0 Å². The quantitative estimate of drug-likeness (QED) is 0.745. The molecule has 4 nitrogen and oxygen atoms in total. The van der Waals surface area contributed by atoms with Gasteiger partial charge in [-0.3, -0.25) is 9.36 Å². The van der Waals surface area contributed by atoms with Crippen LogP contribution in [0.1, 0.15) is 31.0 Å². The summed E-state index contributed by atoms with van der Waals surface area (Å²) in [6.45, 7) is 1.81. The van der Waals surface area contributed by atoms with Crippen LogP contribution in [-0.4, -0.2) is 34.1 Å². The number of aromatic nitrogens is 2. The Morgan fingerprint density at radius 3 is 3.00 bits per heavy atom. The van der Waals surface area contributed by atoms with E-state index in [0.29, 0.717) is 23.5 Å². The summed E-state index contributed by atoms with van der Waals surface area (Å²) in [6, 6.07) is 4.70. The van der Waals surface area contributed by atoms with Gasteiger partial charge >= 0.3 is 0 Å². The van der Waals surface area contributed by atoms with Gasteiger partial charge in [0.05, 0.1) is 10.9 Å². The average molecular weight is 287 g/mol. The zero-order valence-electron chi connectivity index (χ0n) is 12.1. The molecule has 1 fully saturated rings. The number of hydrogen-bond donors (Lipinski definition) is 0. The standard InChI is InChI=1S/C16H18FN3O/c1-19-7-2-3-12-14(19)6-8-20-15(12)18-13-9-10(17)4-5-11(13)16(20)21/h4-5,9,12,14H,2-3,6-8H2,1H3/t12-,14+/m0/s1. The molecule has 0 N–H and O–H groups in total. The number of piperidine rings is 1. The highest BCUT2D eigenvalue weighted by atomic mass is 19.1. The fourth-order valence-corrected chi connectivity index (χ4v) is 3.92. The van der Waals surface area contributed by atoms with Gasteiger partial charge < -0.3 is 4.90 Å². The monoisotopic (exact) mass is 287 g/mol. The van der Waals surface area contributed by atoms with Crippen LogP contribution in [-0.2, 0) is 6.54 Å². The maximum absolute atomic E-state index is 13.4. The third kappa shape index (κ3) is 1.91. The Morgan fingerprint density at radius 2 is 2.14 bits per heavy atom. The van der Waals surface area contributed by atoms with Crippen molar-refractivity contribution in [3.8, 4) is 0 Å². The zero-order chi connectivity index (χ0) is 14.6. The Morgan fingerprint density at radius 1 is 1.29 bits per heavy atom. The van der Waals surface area contributed by atoms with Crippen LogP contribution < -0.4 is 5.56 Å². The van der Waals surface area contributed by atoms with Crippen LogP contribution in [0.2, 0.25) is 0 Å². The summed E-state index contributed by atoms with van der Waals surface area (Å²) in [4.78, 5) is 19.7. The molecular weight excluding hydrogens is 269 g/mol. The fraction of sp³-hybridized carbons (Fsp3) is 0.500. The summed E-state index contributed by atoms with van der Waals surface area (Å²) in [7, 11) is 2.14. The van der Waals surface area contributed by atoms with Gasteiger partial charge in [-0.15, -0.1) is 0 Å². The molecule has 21 heavy (non-hydrogen) atoms. The van der Waals surface area contributed by atoms with Crippen LogP contribution in [0.5, 0.6) is 0 Å². The number of fused-ring (bicyclic) bond motifs is 4. The van der Waals surface area contributed by atoms with E-state index in [0.717, 1.165) is 31.6 Å². The minimum Gasteiger partial charge on any atom is -0.303 e. The molecule has 0 bridgehead atoms. The van der Waals surface area contributed by atoms with Gasteiger partial charge in [-0.1, -0.05) is 0 Å². The van der Waals surface area contributed by atoms with E-state index in [2.05, 4.69) is 16.9 Å². The van der Waals surface area contributed by atoms with Gasteiger partial charge in [0.2, 0.25) is 0 Å². The maximum atomic E-state index is 13.4. The number of benzene rings is 1. The summed E-state index contributed by atoms with van der Waals surface area (Å²) < 4.78 is 15.2. The minimum atomic E-state index is -0.340. The van der Waals surface area contributed by atoms with Crippen LogP contribution in [0.4, 0.5) is 4.39 Å². The number of likely N-dealkylation sites (N-methyl/N-ethyl adjacent to an activating group) is 1. The predicted molar refractivity (Wildman–Crippen MR) is 79.0 cm³/mol. The van der Waals surface area contributed by atoms with Crippen LogP contribution in [0.3, 0.4) is 0 Å². The molecule has 0 saturated carbocycles. The second-order valence-electron chi connectivity index (χ2n) is 6.17. The Bertz CT molecular complexity index is 770. The van der Waals surface area contributed by atoms with Gasteiger partial charge in [-0.2, -0.15) is 0 Å². The van der Waals surface area contributed by atoms with E-state index in [1.807, 2.05) is 0 Å². The molecule has 5 heteroatoms. The van der Waals surface area contributed by atoms with Gasteiger partial charge in [0.25, 0.3) is 5.56 Å². The van der Waals surface area contributed by atoms with Gasteiger partial charge in [0.15, 0.2) is 0 Å². The van der Waals surface area contributed by atoms with Crippen molar-refractivity contribution in [3.63, 3.8) is 0 Å². The first-order valence-corrected chi connectivity index (χ1v) is 7.55. The van der Waals surface area contributed by atoms with Crippen LogP contribution in [0.15, 0.2) is 23.0 Å². The lowest BCUT2D eigenvalue weighted by atomic mass is 9.84. The third-order valence-corrected chi connectivity index (χ3v) is 4.98. The molecule has 2 aromatic rings. The van der Waals surface area contributed by atoms with Crippen molar-refractivity contribution >= 4 is 10.9 Å². The number of hydrogen-bond acceptors (Lipinski definition) is 3. The molecule has 1 aromatic carbocycles. The van der Waals surface area contributed by atoms with Crippen molar-refractivity contribution in [2.24, 2.45) is 0 Å². The molecule has 2 aliphatic rings. The molecule has 4 rings (SSSR count). The summed E-state index contributed by atoms with van der Waals surface area (Å²) in [6.07, 6.45) is 3.17. The number of rotatable bonds is 0. The molecule has 1 saturated heterocycles. The second kappa shape index (κ2) is 4.63. The van der Waals surface area contributed by atoms with E-state index in [1.165, 1.54) is 12.1 Å². The summed E-state index contributed by atoms with van der Waals surface area (Å²) >= 11 is 0. The Balaban J connectivity index is 1.94. The highest BCUT2D eigenvalue weighted by molar-refractivity contribution is 5.77. The topological polar surface area (TPSA) is 38.1 Å². The number of halogens is 1. The molecule has 0 amide bonds. The molecule has 0 spiro atoms. The van der Waals surface area contributed by atoms with E-state index in [4.69, 9.17) is 0 Å². The van der Waals surface area contributed by atoms with E-state index < -0.39 is 0 Å². The Kier molecular flexibility index (Phi) is 2.85. The smallest absolute Gasteiger partial charge is 0.261 e. The molecule has 1 aromatic heterocycles. The third-order valence-electron chi connectivity index (χ3n) is 4.98. The van der Waals surface area contributed by atoms with E-state index in [1.54, 1.807) is 10.6 Å². The lowest BCUT2D eigenvalue weighted by molar-refractivity contribution is 0.123. The summed E-state index contributed by atoms with van der Waals surface area (Å²) in [5.41, 5.74) is 0.460. The highest BCUT2D eigenvalue weighted by Gasteiger charge is 2.36. The number of likely N-dealkylation sites (tertiary alicyclic amines) is 1. The Labute approximate surface area is 122 Å². The maximum Gasteiger partial charge on any atom is 0.261 e. The van der Waals surface area contributed by atoms with E-state index in [-0.39, 0.29) is 17.3 Å². The van der Waals surface area contributed by atoms with Crippen molar-refractivity contribution in [2.45, 2.75) is 37.8 Å². The van der Waals surface area contributed by atoms with Crippen molar-refractivity contribution < 1.29 is 4.39 Å². The first-order chi connectivity index (χ1) is 10.1. The van der Waals surface area contributed by atoms with Gasteiger partial charge in [0, 0.05) is 24.6 Å². The fourth-order valence-electron chi connectivity index (χ4n) is 3.92. The van der Waals surface area contributed by atoms with Crippen molar-refractivity contribution in [2.75, 3.05) is 13.6 Å². The summed E-state index contributed by atoms with van der Waals surface area (Å²) in [5.74, 6) is 0.797. The first kappa shape index (κ1) is 13.0. The summed E-state index contributed by atoms with van der Waals surface area (Å²) in [5, 5.41) is 0.516. The largest absolute Gasteiger partial charge is 0.303 e. The molecule has 110 valence electrons. The highest BCUT2D eigenvalue weighted by Crippen LogP contribution is 2.36. The Hall–Kier alpha value is -1.75. The lowest BCUT2D eigenvalue weighted by Gasteiger charge is -2.42. The molecule has 2 aliphatic heterocycles. The van der Waals surface area contributed by atoms with Crippen molar-refractivity contribution in [3.05, 3.63) is 40.2 Å². The molecule has 0 unspecified atom stereocenters. The predicted octanol–water partition coefficient (Wildman–Crippen LogP) is 2.12. The van der Waals surface area contributed by atoms with E-state index in [9.17, 15) is 9.18 Å². The molecular formula is C16H18FN3O. The van der Waals surface area contributed by atoms with Crippen LogP contribution in [0, 0.1) is 5.82 Å². The average Bonchev–Trinajstić information content (AvgIpc) is 2.47. The minimum absolute atomic E-state index is 0.0262. The van der Waals surface area contributed by atoms with Crippen LogP contribution in [0.25, 0.3) is 10.9 Å². The van der Waals surface area contributed by atoms with E-state index >= 15 is 0 Å². The van der Waals surface area contributed by atoms with Crippen molar-refractivity contribution in [1.29, 1.82) is 0 Å². The SMILES string of the molecule is CN1CCC[C@@H]2c3nc4cc(F)ccc4c(=O)n3CC[C@H]21. The number of nitrogens with zero attached hydrogens (tertiary/aromatic N) is 3. The first-order valence-electron chi connectivity index (χ1n) is 7.55. The normalized spacial score (nSPS) is 25.6. The molecule has 3 heterocycles. The zero-order valence-corrected chi connectivity index (χ0v) is 12.1. The van der Waals surface area contributed by atoms with Gasteiger partial charge in [-0.05, 0) is 45.0 Å². The van der Waals surface area contributed by atoms with Gasteiger partial charge in [-0.25, -0.2) is 9.37 Å². The van der Waals surface area contributed by atoms with Crippen molar-refractivity contribution in [1.82, 2.24) is 14.5 Å². The lowest BCUT2D eigenvalue weighted by Crippen LogP contribution is -2.47. The molecule has 0 radical (unpaired) electrons. The molecule has 0 aliphatic carbocycles. The molecule has 2 atom stereocenters. The van der Waals surface area contributed by atoms with Gasteiger partial charge in [0.1, 0.15) is 11.6 Å². The second-order valence-corrected chi connectivity index (χ2v) is 6.17.